The Balaban J connectivity index is 1.62. The van der Waals surface area contributed by atoms with Gasteiger partial charge in [0.15, 0.2) is 0 Å². The van der Waals surface area contributed by atoms with Crippen LogP contribution in [0.3, 0.4) is 0 Å². The molecule has 0 spiro atoms. The Morgan fingerprint density at radius 1 is 1.32 bits per heavy atom. The van der Waals surface area contributed by atoms with E-state index in [4.69, 9.17) is 0 Å². The number of hydrogen-bond donors (Lipinski definition) is 1. The number of rotatable bonds is 6. The van der Waals surface area contributed by atoms with E-state index in [2.05, 4.69) is 22.4 Å². The number of hydrogen-bond acceptors (Lipinski definition) is 5. The van der Waals surface area contributed by atoms with Crippen molar-refractivity contribution in [2.24, 2.45) is 0 Å². The van der Waals surface area contributed by atoms with Gasteiger partial charge in [-0.1, -0.05) is 6.92 Å². The molecule has 0 fully saturated rings. The molecule has 8 nitrogen and oxygen atoms in total. The Kier molecular flexibility index (Phi) is 5.28. The van der Waals surface area contributed by atoms with Crippen molar-refractivity contribution in [1.82, 2.24) is 24.5 Å². The maximum atomic E-state index is 12.3. The molecule has 25 heavy (non-hydrogen) atoms. The number of fused-ring (bicyclic) bond motifs is 1. The molecule has 0 radical (unpaired) electrons. The fraction of sp³-hybridized carbons (Fsp3) is 0.529. The van der Waals surface area contributed by atoms with Gasteiger partial charge in [-0.3, -0.25) is 14.5 Å². The molecule has 2 aromatic heterocycles. The number of nitrogens with zero attached hydrogens (tertiary/aromatic N) is 5. The third-order valence-corrected chi connectivity index (χ3v) is 4.31. The number of anilines is 1. The summed E-state index contributed by atoms with van der Waals surface area (Å²) in [6.07, 6.45) is 3.39. The van der Waals surface area contributed by atoms with Crippen LogP contribution < -0.4 is 10.9 Å². The van der Waals surface area contributed by atoms with Crippen molar-refractivity contribution in [1.29, 1.82) is 0 Å². The van der Waals surface area contributed by atoms with E-state index < -0.39 is 0 Å². The zero-order valence-corrected chi connectivity index (χ0v) is 14.7. The first-order valence-electron chi connectivity index (χ1n) is 8.74. The van der Waals surface area contributed by atoms with Crippen molar-refractivity contribution < 1.29 is 4.79 Å². The highest BCUT2D eigenvalue weighted by atomic mass is 16.2. The topological polar surface area (TPSA) is 85.1 Å². The molecule has 0 unspecified atom stereocenters. The summed E-state index contributed by atoms with van der Waals surface area (Å²) in [6, 6.07) is 3.45. The van der Waals surface area contributed by atoms with Gasteiger partial charge in [-0.15, -0.1) is 0 Å². The van der Waals surface area contributed by atoms with E-state index in [1.165, 1.54) is 4.68 Å². The zero-order chi connectivity index (χ0) is 17.8. The average Bonchev–Trinajstić information content (AvgIpc) is 3.01. The zero-order valence-electron chi connectivity index (χ0n) is 14.7. The van der Waals surface area contributed by atoms with Gasteiger partial charge in [0, 0.05) is 44.7 Å². The molecule has 3 rings (SSSR count). The number of nitrogens with one attached hydrogen (secondary N) is 1. The summed E-state index contributed by atoms with van der Waals surface area (Å²) < 4.78 is 3.27. The van der Waals surface area contributed by atoms with Gasteiger partial charge in [0.25, 0.3) is 5.56 Å². The second kappa shape index (κ2) is 7.60. The van der Waals surface area contributed by atoms with Crippen molar-refractivity contribution in [2.45, 2.75) is 46.3 Å². The highest BCUT2D eigenvalue weighted by Gasteiger charge is 2.21. The lowest BCUT2D eigenvalue weighted by molar-refractivity contribution is -0.117. The van der Waals surface area contributed by atoms with Gasteiger partial charge in [0.05, 0.1) is 18.4 Å². The molecule has 1 amide bonds. The van der Waals surface area contributed by atoms with Crippen molar-refractivity contribution in [2.75, 3.05) is 18.4 Å². The van der Waals surface area contributed by atoms with Gasteiger partial charge in [-0.2, -0.15) is 10.2 Å². The molecule has 0 saturated carbocycles. The number of carbonyl (C=O) groups excluding carboxylic acids is 1. The van der Waals surface area contributed by atoms with Crippen LogP contribution in [0.15, 0.2) is 23.1 Å². The summed E-state index contributed by atoms with van der Waals surface area (Å²) in [4.78, 5) is 26.3. The molecule has 0 aromatic carbocycles. The Hall–Kier alpha value is -2.48. The van der Waals surface area contributed by atoms with Crippen LogP contribution in [0.25, 0.3) is 0 Å². The highest BCUT2D eigenvalue weighted by molar-refractivity contribution is 5.91. The Bertz CT molecular complexity index is 810. The molecule has 0 atom stereocenters. The maximum absolute atomic E-state index is 12.3. The lowest BCUT2D eigenvalue weighted by Gasteiger charge is -2.27. The van der Waals surface area contributed by atoms with Gasteiger partial charge in [-0.05, 0) is 18.9 Å². The van der Waals surface area contributed by atoms with E-state index >= 15 is 0 Å². The quantitative estimate of drug-likeness (QED) is 0.840. The van der Waals surface area contributed by atoms with Crippen LogP contribution in [-0.2, 0) is 30.8 Å². The van der Waals surface area contributed by atoms with Crippen molar-refractivity contribution >= 4 is 11.7 Å². The normalized spacial score (nSPS) is 14.3. The molecule has 8 heteroatoms. The Morgan fingerprint density at radius 3 is 2.92 bits per heavy atom. The summed E-state index contributed by atoms with van der Waals surface area (Å²) >= 11 is 0. The minimum atomic E-state index is -0.0870. The number of aryl methyl sites for hydroxylation is 2. The summed E-state index contributed by atoms with van der Waals surface area (Å²) in [5, 5.41) is 11.5. The number of aromatic nitrogens is 4. The summed E-state index contributed by atoms with van der Waals surface area (Å²) in [5.74, 6) is 0.646. The molecule has 2 aromatic rings. The van der Waals surface area contributed by atoms with Crippen LogP contribution >= 0.6 is 0 Å². The van der Waals surface area contributed by atoms with E-state index in [0.717, 1.165) is 43.0 Å². The molecule has 3 heterocycles. The van der Waals surface area contributed by atoms with Crippen LogP contribution in [0.2, 0.25) is 0 Å². The minimum Gasteiger partial charge on any atom is -0.310 e. The molecule has 0 bridgehead atoms. The molecule has 134 valence electrons. The maximum Gasteiger partial charge on any atom is 0.267 e. The molecular weight excluding hydrogens is 320 g/mol. The van der Waals surface area contributed by atoms with Gasteiger partial charge >= 0.3 is 0 Å². The molecule has 0 aliphatic carbocycles. The highest BCUT2D eigenvalue weighted by Crippen LogP contribution is 2.15. The SMILES string of the molecule is CCCn1nccc1NC(=O)CN1CCc2nn(CC)c(=O)cc2C1. The van der Waals surface area contributed by atoms with Crippen molar-refractivity contribution in [3.8, 4) is 0 Å². The fourth-order valence-corrected chi connectivity index (χ4v) is 3.07. The predicted octanol–water partition coefficient (Wildman–Crippen LogP) is 0.866. The van der Waals surface area contributed by atoms with Gasteiger partial charge in [-0.25, -0.2) is 9.36 Å². The van der Waals surface area contributed by atoms with Crippen molar-refractivity contribution in [3.05, 3.63) is 39.9 Å². The largest absolute Gasteiger partial charge is 0.310 e. The third-order valence-electron chi connectivity index (χ3n) is 4.31. The summed E-state index contributed by atoms with van der Waals surface area (Å²) in [5.41, 5.74) is 1.79. The van der Waals surface area contributed by atoms with Crippen LogP contribution in [0.4, 0.5) is 5.82 Å². The lowest BCUT2D eigenvalue weighted by Crippen LogP contribution is -2.39. The molecule has 0 saturated heterocycles. The predicted molar refractivity (Wildman–Crippen MR) is 94.3 cm³/mol. The van der Waals surface area contributed by atoms with Gasteiger partial charge < -0.3 is 5.32 Å². The van der Waals surface area contributed by atoms with Crippen LogP contribution in [0.5, 0.6) is 0 Å². The first kappa shape index (κ1) is 17.3. The Labute approximate surface area is 146 Å². The third kappa shape index (κ3) is 3.96. The second-order valence-electron chi connectivity index (χ2n) is 6.22. The summed E-state index contributed by atoms with van der Waals surface area (Å²) in [6.45, 7) is 6.93. The smallest absolute Gasteiger partial charge is 0.267 e. The molecule has 1 aliphatic rings. The van der Waals surface area contributed by atoms with Gasteiger partial charge in [0.1, 0.15) is 5.82 Å². The second-order valence-corrected chi connectivity index (χ2v) is 6.22. The molecule has 1 aliphatic heterocycles. The fourth-order valence-electron chi connectivity index (χ4n) is 3.07. The average molecular weight is 344 g/mol. The molecular formula is C17H24N6O2. The van der Waals surface area contributed by atoms with Crippen LogP contribution in [-0.4, -0.2) is 43.5 Å². The standard InChI is InChI=1S/C17H24N6O2/c1-3-8-23-15(5-7-18-23)19-16(24)12-21-9-6-14-13(11-21)10-17(25)22(4-2)20-14/h5,7,10H,3-4,6,8-9,11-12H2,1-2H3,(H,19,24). The number of carbonyl (C=O) groups is 1. The number of amides is 1. The van der Waals surface area contributed by atoms with Crippen molar-refractivity contribution in [3.63, 3.8) is 0 Å². The van der Waals surface area contributed by atoms with E-state index in [1.807, 2.05) is 11.8 Å². The van der Waals surface area contributed by atoms with E-state index in [9.17, 15) is 9.59 Å². The first-order valence-corrected chi connectivity index (χ1v) is 8.74. The van der Waals surface area contributed by atoms with Crippen LogP contribution in [0, 0.1) is 0 Å². The van der Waals surface area contributed by atoms with Crippen LogP contribution in [0.1, 0.15) is 31.5 Å². The first-order chi connectivity index (χ1) is 12.1. The van der Waals surface area contributed by atoms with E-state index in [0.29, 0.717) is 13.1 Å². The Morgan fingerprint density at radius 2 is 2.16 bits per heavy atom. The monoisotopic (exact) mass is 344 g/mol. The van der Waals surface area contributed by atoms with E-state index in [1.54, 1.807) is 23.0 Å². The van der Waals surface area contributed by atoms with E-state index in [-0.39, 0.29) is 18.0 Å². The summed E-state index contributed by atoms with van der Waals surface area (Å²) in [7, 11) is 0. The van der Waals surface area contributed by atoms with Gasteiger partial charge in [0.2, 0.25) is 5.91 Å². The minimum absolute atomic E-state index is 0.0730. The molecule has 1 N–H and O–H groups in total. The lowest BCUT2D eigenvalue weighted by atomic mass is 10.1.